The van der Waals surface area contributed by atoms with E-state index in [1.165, 1.54) is 0 Å². The number of carbonyl (C=O) groups is 2. The van der Waals surface area contributed by atoms with Crippen molar-refractivity contribution in [2.45, 2.75) is 31.3 Å². The second-order valence-corrected chi connectivity index (χ2v) is 3.18. The molecule has 0 rings (SSSR count). The van der Waals surface area contributed by atoms with Gasteiger partial charge in [0.05, 0.1) is 6.61 Å². The largest absolute Gasteiger partial charge is 0.394 e. The van der Waals surface area contributed by atoms with Gasteiger partial charge in [0.15, 0.2) is 5.78 Å². The second-order valence-electron chi connectivity index (χ2n) is 3.18. The summed E-state index contributed by atoms with van der Waals surface area (Å²) in [6.45, 7) is 0.184. The van der Waals surface area contributed by atoms with Gasteiger partial charge in [0.1, 0.15) is 24.4 Å². The lowest BCUT2D eigenvalue weighted by atomic mass is 9.97. The zero-order valence-electron chi connectivity index (χ0n) is 8.91. The van der Waals surface area contributed by atoms with E-state index in [9.17, 15) is 19.8 Å². The topological polar surface area (TPSA) is 176 Å². The monoisotopic (exact) mass is 238 g/mol. The zero-order valence-corrected chi connectivity index (χ0v) is 8.91. The first kappa shape index (κ1) is 17.5. The van der Waals surface area contributed by atoms with Crippen LogP contribution in [0.15, 0.2) is 0 Å². The fraction of sp³-hybridized carbons (Fsp3) is 0.750. The lowest BCUT2D eigenvalue weighted by Gasteiger charge is -2.24. The van der Waals surface area contributed by atoms with Crippen molar-refractivity contribution in [1.82, 2.24) is 6.15 Å². The van der Waals surface area contributed by atoms with Gasteiger partial charge in [-0.05, 0) is 0 Å². The molecule has 8 nitrogen and oxygen atoms in total. The molecule has 0 aliphatic carbocycles. The summed E-state index contributed by atoms with van der Waals surface area (Å²) in [5.41, 5.74) is 5.18. The number of aliphatic hydroxyl groups excluding tert-OH is 4. The molecule has 0 bridgehead atoms. The highest BCUT2D eigenvalue weighted by molar-refractivity contribution is 6.38. The molecule has 0 saturated heterocycles. The molecule has 0 saturated carbocycles. The van der Waals surface area contributed by atoms with E-state index in [0.29, 0.717) is 0 Å². The van der Waals surface area contributed by atoms with Crippen LogP contribution in [0.2, 0.25) is 0 Å². The highest BCUT2D eigenvalue weighted by Gasteiger charge is 2.34. The summed E-state index contributed by atoms with van der Waals surface area (Å²) in [5.74, 6) is -1.90. The summed E-state index contributed by atoms with van der Waals surface area (Å²) in [4.78, 5) is 21.6. The minimum absolute atomic E-state index is 0. The van der Waals surface area contributed by atoms with E-state index in [1.807, 2.05) is 0 Å². The second kappa shape index (κ2) is 7.39. The molecular weight excluding hydrogens is 220 g/mol. The Morgan fingerprint density at radius 3 is 1.94 bits per heavy atom. The van der Waals surface area contributed by atoms with Crippen LogP contribution in [-0.4, -0.2) is 63.0 Å². The standard InChI is InChI=1S/C8H15NO6.H3N/c1-3(11)6(13)5(9)8(15)7(14)4(12)2-10;/h4-5,7-8,10,12,14-15H,2,9H2,1H3;1H3/t4-,5+,7-,8-;/m1./s1. The molecule has 0 aromatic carbocycles. The van der Waals surface area contributed by atoms with Crippen LogP contribution in [-0.2, 0) is 9.59 Å². The average molecular weight is 238 g/mol. The predicted octanol–water partition coefficient (Wildman–Crippen LogP) is -3.29. The molecule has 0 spiro atoms. The summed E-state index contributed by atoms with van der Waals surface area (Å²) in [6, 6.07) is -1.61. The van der Waals surface area contributed by atoms with Crippen LogP contribution in [0.5, 0.6) is 0 Å². The van der Waals surface area contributed by atoms with Crippen molar-refractivity contribution in [3.63, 3.8) is 0 Å². The van der Waals surface area contributed by atoms with Gasteiger partial charge in [-0.15, -0.1) is 0 Å². The lowest BCUT2D eigenvalue weighted by Crippen LogP contribution is -2.54. The van der Waals surface area contributed by atoms with Gasteiger partial charge in [0, 0.05) is 6.92 Å². The highest BCUT2D eigenvalue weighted by atomic mass is 16.4. The van der Waals surface area contributed by atoms with Crippen molar-refractivity contribution in [2.24, 2.45) is 5.73 Å². The summed E-state index contributed by atoms with van der Waals surface area (Å²) in [7, 11) is 0. The van der Waals surface area contributed by atoms with Crippen molar-refractivity contribution in [3.8, 4) is 0 Å². The Kier molecular flexibility index (Phi) is 8.08. The maximum absolute atomic E-state index is 11.0. The maximum Gasteiger partial charge on any atom is 0.217 e. The van der Waals surface area contributed by atoms with E-state index in [2.05, 4.69) is 0 Å². The Morgan fingerprint density at radius 1 is 1.19 bits per heavy atom. The Labute approximate surface area is 92.3 Å². The van der Waals surface area contributed by atoms with Crippen LogP contribution >= 0.6 is 0 Å². The normalized spacial score (nSPS) is 17.9. The molecule has 9 N–H and O–H groups in total. The number of rotatable bonds is 6. The number of aliphatic hydroxyl groups is 4. The third kappa shape index (κ3) is 4.31. The van der Waals surface area contributed by atoms with Gasteiger partial charge in [0.2, 0.25) is 5.78 Å². The Morgan fingerprint density at radius 2 is 1.62 bits per heavy atom. The molecule has 0 aromatic heterocycles. The fourth-order valence-corrected chi connectivity index (χ4v) is 0.938. The maximum atomic E-state index is 11.0. The van der Waals surface area contributed by atoms with Crippen LogP contribution in [0.4, 0.5) is 0 Å². The summed E-state index contributed by atoms with van der Waals surface area (Å²) < 4.78 is 0. The van der Waals surface area contributed by atoms with Crippen LogP contribution in [0.1, 0.15) is 6.92 Å². The third-order valence-corrected chi connectivity index (χ3v) is 1.95. The predicted molar refractivity (Wildman–Crippen MR) is 53.8 cm³/mol. The number of hydrogen-bond donors (Lipinski definition) is 6. The SMILES string of the molecule is CC(=O)C(=O)[C@H](N)[C@@H](O)[C@H](O)[C@H](O)CO.N. The summed E-state index contributed by atoms with van der Waals surface area (Å²) in [6.07, 6.45) is -5.21. The molecule has 16 heavy (non-hydrogen) atoms. The van der Waals surface area contributed by atoms with Crippen molar-refractivity contribution < 1.29 is 30.0 Å². The molecule has 96 valence electrons. The van der Waals surface area contributed by atoms with E-state index in [-0.39, 0.29) is 6.15 Å². The Balaban J connectivity index is 0. The number of nitrogens with two attached hydrogens (primary N) is 1. The number of carbonyl (C=O) groups excluding carboxylic acids is 2. The summed E-state index contributed by atoms with van der Waals surface area (Å²) in [5, 5.41) is 35.9. The van der Waals surface area contributed by atoms with Gasteiger partial charge in [-0.1, -0.05) is 0 Å². The van der Waals surface area contributed by atoms with Gasteiger partial charge in [0.25, 0.3) is 0 Å². The molecule has 0 aromatic rings. The molecule has 8 heteroatoms. The molecular formula is C8H18N2O6. The number of ketones is 2. The van der Waals surface area contributed by atoms with Gasteiger partial charge >= 0.3 is 0 Å². The molecule has 0 heterocycles. The van der Waals surface area contributed by atoms with Crippen LogP contribution in [0.3, 0.4) is 0 Å². The highest BCUT2D eigenvalue weighted by Crippen LogP contribution is 2.04. The van der Waals surface area contributed by atoms with Gasteiger partial charge in [-0.3, -0.25) is 9.59 Å². The number of hydrogen-bond acceptors (Lipinski definition) is 8. The van der Waals surface area contributed by atoms with Gasteiger partial charge in [-0.2, -0.15) is 0 Å². The van der Waals surface area contributed by atoms with Crippen LogP contribution in [0.25, 0.3) is 0 Å². The molecule has 0 aliphatic rings. The minimum atomic E-state index is -1.80. The first-order valence-corrected chi connectivity index (χ1v) is 4.28. The van der Waals surface area contributed by atoms with Crippen molar-refractivity contribution in [1.29, 1.82) is 0 Å². The smallest absolute Gasteiger partial charge is 0.217 e. The first-order chi connectivity index (χ1) is 6.82. The van der Waals surface area contributed by atoms with Crippen molar-refractivity contribution in [2.75, 3.05) is 6.61 Å². The van der Waals surface area contributed by atoms with Crippen LogP contribution in [0, 0.1) is 0 Å². The van der Waals surface area contributed by atoms with E-state index < -0.39 is 42.5 Å². The average Bonchev–Trinajstić information content (AvgIpc) is 2.23. The third-order valence-electron chi connectivity index (χ3n) is 1.95. The summed E-state index contributed by atoms with van der Waals surface area (Å²) >= 11 is 0. The van der Waals surface area contributed by atoms with E-state index >= 15 is 0 Å². The molecule has 0 radical (unpaired) electrons. The van der Waals surface area contributed by atoms with E-state index in [0.717, 1.165) is 6.92 Å². The zero-order chi connectivity index (χ0) is 12.2. The molecule has 4 atom stereocenters. The Hall–Kier alpha value is -0.900. The minimum Gasteiger partial charge on any atom is -0.394 e. The van der Waals surface area contributed by atoms with Crippen LogP contribution < -0.4 is 11.9 Å². The number of Topliss-reactive ketones (excluding diaryl/α,β-unsaturated/α-hetero) is 2. The van der Waals surface area contributed by atoms with E-state index in [1.54, 1.807) is 0 Å². The van der Waals surface area contributed by atoms with Gasteiger partial charge in [-0.25, -0.2) is 0 Å². The van der Waals surface area contributed by atoms with Crippen molar-refractivity contribution in [3.05, 3.63) is 0 Å². The lowest BCUT2D eigenvalue weighted by molar-refractivity contribution is -0.141. The Bertz CT molecular complexity index is 247. The molecule has 0 amide bonds. The molecule has 0 aliphatic heterocycles. The van der Waals surface area contributed by atoms with Crippen molar-refractivity contribution >= 4 is 11.6 Å². The van der Waals surface area contributed by atoms with E-state index in [4.69, 9.17) is 15.9 Å². The van der Waals surface area contributed by atoms with Gasteiger partial charge < -0.3 is 32.3 Å². The quantitative estimate of drug-likeness (QED) is 0.261. The fourth-order valence-electron chi connectivity index (χ4n) is 0.938. The first-order valence-electron chi connectivity index (χ1n) is 4.28. The molecule has 0 fully saturated rings. The molecule has 0 unspecified atom stereocenters.